The normalized spacial score (nSPS) is 24.3. The predicted octanol–water partition coefficient (Wildman–Crippen LogP) is 5.32. The minimum absolute atomic E-state index is 0.00219. The quantitative estimate of drug-likeness (QED) is 0.651. The van der Waals surface area contributed by atoms with E-state index in [2.05, 4.69) is 43.0 Å². The van der Waals surface area contributed by atoms with Crippen LogP contribution in [-0.4, -0.2) is 35.5 Å². The van der Waals surface area contributed by atoms with E-state index in [0.29, 0.717) is 12.2 Å². The Hall–Kier alpha value is -2.88. The third-order valence-electron chi connectivity index (χ3n) is 7.07. The minimum atomic E-state index is -0.231. The van der Waals surface area contributed by atoms with Gasteiger partial charge in [0.1, 0.15) is 6.61 Å². The van der Waals surface area contributed by atoms with Gasteiger partial charge in [-0.2, -0.15) is 0 Å². The van der Waals surface area contributed by atoms with Crippen LogP contribution in [0.15, 0.2) is 60.7 Å². The number of allylic oxidation sites excluding steroid dienone is 1. The van der Waals surface area contributed by atoms with Crippen LogP contribution in [0.1, 0.15) is 49.7 Å². The number of benzene rings is 2. The lowest BCUT2D eigenvalue weighted by atomic mass is 9.85. The van der Waals surface area contributed by atoms with Crippen molar-refractivity contribution in [2.45, 2.75) is 50.6 Å². The second-order valence-corrected chi connectivity index (χ2v) is 8.91. The molecule has 0 saturated carbocycles. The molecule has 2 fully saturated rings. The number of Topliss-reactive ketones (excluding diaryl/α,β-unsaturated/α-hetero) is 1. The van der Waals surface area contributed by atoms with Gasteiger partial charge < -0.3 is 9.64 Å². The van der Waals surface area contributed by atoms with Gasteiger partial charge in [0.15, 0.2) is 5.78 Å². The van der Waals surface area contributed by atoms with E-state index in [9.17, 15) is 9.59 Å². The number of hydrogen-bond donors (Lipinski definition) is 0. The number of ether oxygens (including phenoxy) is 1. The van der Waals surface area contributed by atoms with E-state index in [0.717, 1.165) is 25.7 Å². The third-order valence-corrected chi connectivity index (χ3v) is 7.07. The van der Waals surface area contributed by atoms with E-state index in [4.69, 9.17) is 4.74 Å². The molecular weight excluding hydrogens is 374 g/mol. The number of rotatable bonds is 4. The van der Waals surface area contributed by atoms with Crippen LogP contribution in [-0.2, 0) is 9.53 Å². The first-order valence-electron chi connectivity index (χ1n) is 10.9. The zero-order valence-electron chi connectivity index (χ0n) is 17.3. The summed E-state index contributed by atoms with van der Waals surface area (Å²) in [5.41, 5.74) is 5.52. The van der Waals surface area contributed by atoms with Gasteiger partial charge in [-0.3, -0.25) is 4.79 Å². The molecule has 2 aliphatic heterocycles. The SMILES string of the molecule is C=C(C)C(=O)C1CC2CCC(C1)N2C(=O)OCC1c2ccccc2-c2ccccc21. The zero-order valence-corrected chi connectivity index (χ0v) is 17.3. The molecule has 1 aliphatic carbocycles. The maximum Gasteiger partial charge on any atom is 0.410 e. The van der Waals surface area contributed by atoms with Gasteiger partial charge in [-0.25, -0.2) is 4.79 Å². The van der Waals surface area contributed by atoms with Gasteiger partial charge >= 0.3 is 6.09 Å². The highest BCUT2D eigenvalue weighted by molar-refractivity contribution is 5.96. The van der Waals surface area contributed by atoms with Crippen LogP contribution in [0.4, 0.5) is 4.79 Å². The molecule has 2 heterocycles. The van der Waals surface area contributed by atoms with Crippen molar-refractivity contribution < 1.29 is 14.3 Å². The fourth-order valence-corrected chi connectivity index (χ4v) is 5.71. The second-order valence-electron chi connectivity index (χ2n) is 8.91. The fourth-order valence-electron chi connectivity index (χ4n) is 5.71. The predicted molar refractivity (Wildman–Crippen MR) is 116 cm³/mol. The Labute approximate surface area is 177 Å². The number of ketones is 1. The summed E-state index contributed by atoms with van der Waals surface area (Å²) in [5, 5.41) is 0. The van der Waals surface area contributed by atoms with Gasteiger partial charge in [0.25, 0.3) is 0 Å². The smallest absolute Gasteiger partial charge is 0.410 e. The van der Waals surface area contributed by atoms with Crippen molar-refractivity contribution in [3.8, 4) is 11.1 Å². The van der Waals surface area contributed by atoms with Crippen LogP contribution in [0.3, 0.4) is 0 Å². The summed E-state index contributed by atoms with van der Waals surface area (Å²) in [6.07, 6.45) is 3.13. The molecule has 2 atom stereocenters. The molecular formula is C26H27NO3. The van der Waals surface area contributed by atoms with Gasteiger partial charge in [0.2, 0.25) is 0 Å². The van der Waals surface area contributed by atoms with E-state index >= 15 is 0 Å². The summed E-state index contributed by atoms with van der Waals surface area (Å²) in [6.45, 7) is 5.93. The first kappa shape index (κ1) is 19.1. The molecule has 0 spiro atoms. The maximum atomic E-state index is 13.1. The molecule has 2 unspecified atom stereocenters. The molecule has 3 aliphatic rings. The minimum Gasteiger partial charge on any atom is -0.448 e. The van der Waals surface area contributed by atoms with Crippen molar-refractivity contribution >= 4 is 11.9 Å². The van der Waals surface area contributed by atoms with Crippen LogP contribution < -0.4 is 0 Å². The molecule has 2 aromatic carbocycles. The van der Waals surface area contributed by atoms with Gasteiger partial charge in [0.05, 0.1) is 0 Å². The van der Waals surface area contributed by atoms with Crippen molar-refractivity contribution in [1.82, 2.24) is 4.90 Å². The highest BCUT2D eigenvalue weighted by atomic mass is 16.6. The average Bonchev–Trinajstić information content (AvgIpc) is 3.22. The number of carbonyl (C=O) groups is 2. The van der Waals surface area contributed by atoms with Gasteiger partial charge in [-0.15, -0.1) is 0 Å². The molecule has 0 radical (unpaired) electrons. The lowest BCUT2D eigenvalue weighted by Crippen LogP contribution is -2.48. The van der Waals surface area contributed by atoms with E-state index < -0.39 is 0 Å². The second kappa shape index (κ2) is 7.42. The van der Waals surface area contributed by atoms with E-state index in [1.54, 1.807) is 6.92 Å². The first-order valence-corrected chi connectivity index (χ1v) is 10.9. The van der Waals surface area contributed by atoms with Crippen molar-refractivity contribution in [3.63, 3.8) is 0 Å². The van der Waals surface area contributed by atoms with E-state index in [1.165, 1.54) is 22.3 Å². The van der Waals surface area contributed by atoms with Crippen molar-refractivity contribution in [3.05, 3.63) is 71.8 Å². The molecule has 5 rings (SSSR count). The summed E-state index contributed by atoms with van der Waals surface area (Å²) in [6, 6.07) is 16.9. The number of amides is 1. The van der Waals surface area contributed by atoms with Crippen LogP contribution in [0, 0.1) is 5.92 Å². The Morgan fingerprint density at radius 2 is 1.50 bits per heavy atom. The molecule has 1 amide bonds. The summed E-state index contributed by atoms with van der Waals surface area (Å²) >= 11 is 0. The van der Waals surface area contributed by atoms with E-state index in [1.807, 2.05) is 17.0 Å². The number of carbonyl (C=O) groups excluding carboxylic acids is 2. The van der Waals surface area contributed by atoms with Crippen molar-refractivity contribution in [2.75, 3.05) is 6.61 Å². The summed E-state index contributed by atoms with van der Waals surface area (Å²) in [7, 11) is 0. The van der Waals surface area contributed by atoms with Gasteiger partial charge in [0, 0.05) is 23.9 Å². The molecule has 0 N–H and O–H groups in total. The highest BCUT2D eigenvalue weighted by Gasteiger charge is 2.46. The molecule has 154 valence electrons. The van der Waals surface area contributed by atoms with Crippen molar-refractivity contribution in [1.29, 1.82) is 0 Å². The van der Waals surface area contributed by atoms with Gasteiger partial charge in [-0.05, 0) is 60.4 Å². The maximum absolute atomic E-state index is 13.1. The number of nitrogens with zero attached hydrogens (tertiary/aromatic N) is 1. The monoisotopic (exact) mass is 401 g/mol. The Balaban J connectivity index is 1.30. The Morgan fingerprint density at radius 1 is 0.967 bits per heavy atom. The summed E-state index contributed by atoms with van der Waals surface area (Å²) < 4.78 is 5.89. The van der Waals surface area contributed by atoms with Crippen molar-refractivity contribution in [2.24, 2.45) is 5.92 Å². The standard InChI is InChI=1S/C26H27NO3/c1-16(2)25(28)17-13-18-11-12-19(14-17)27(18)26(29)30-15-24-22-9-5-3-7-20(22)21-8-4-6-10-23(21)24/h3-10,17-19,24H,1,11-15H2,2H3. The Bertz CT molecular complexity index is 967. The Morgan fingerprint density at radius 3 is 2.03 bits per heavy atom. The van der Waals surface area contributed by atoms with Gasteiger partial charge in [-0.1, -0.05) is 55.1 Å². The van der Waals surface area contributed by atoms with Crippen LogP contribution >= 0.6 is 0 Å². The number of fused-ring (bicyclic) bond motifs is 5. The lowest BCUT2D eigenvalue weighted by molar-refractivity contribution is -0.121. The van der Waals surface area contributed by atoms with Crippen LogP contribution in [0.5, 0.6) is 0 Å². The zero-order chi connectivity index (χ0) is 20.8. The highest BCUT2D eigenvalue weighted by Crippen LogP contribution is 2.45. The average molecular weight is 402 g/mol. The molecule has 2 bridgehead atoms. The lowest BCUT2D eigenvalue weighted by Gasteiger charge is -2.37. The van der Waals surface area contributed by atoms with Crippen LogP contribution in [0.2, 0.25) is 0 Å². The van der Waals surface area contributed by atoms with Crippen LogP contribution in [0.25, 0.3) is 11.1 Å². The van der Waals surface area contributed by atoms with E-state index in [-0.39, 0.29) is 35.8 Å². The molecule has 4 heteroatoms. The number of piperidine rings is 1. The molecule has 0 aromatic heterocycles. The fraction of sp³-hybridized carbons (Fsp3) is 0.385. The number of hydrogen-bond acceptors (Lipinski definition) is 3. The molecule has 4 nitrogen and oxygen atoms in total. The largest absolute Gasteiger partial charge is 0.448 e. The third kappa shape index (κ3) is 3.06. The topological polar surface area (TPSA) is 46.6 Å². The molecule has 2 saturated heterocycles. The first-order chi connectivity index (χ1) is 14.5. The molecule has 2 aromatic rings. The summed E-state index contributed by atoms with van der Waals surface area (Å²) in [4.78, 5) is 27.4. The molecule has 30 heavy (non-hydrogen) atoms. The Kier molecular flexibility index (Phi) is 4.73. The summed E-state index contributed by atoms with van der Waals surface area (Å²) in [5.74, 6) is 0.221.